The number of hydrogen-bond donors (Lipinski definition) is 2. The fourth-order valence-corrected chi connectivity index (χ4v) is 2.12. The van der Waals surface area contributed by atoms with E-state index < -0.39 is 0 Å². The van der Waals surface area contributed by atoms with E-state index >= 15 is 0 Å². The lowest BCUT2D eigenvalue weighted by Gasteiger charge is -2.11. The van der Waals surface area contributed by atoms with Gasteiger partial charge in [0.15, 0.2) is 0 Å². The molecule has 0 unspecified atom stereocenters. The minimum absolute atomic E-state index is 0.256. The molecule has 0 aliphatic rings. The Kier molecular flexibility index (Phi) is 3.33. The van der Waals surface area contributed by atoms with Gasteiger partial charge in [0.05, 0.1) is 11.4 Å². The molecule has 0 bridgehead atoms. The Morgan fingerprint density at radius 3 is 2.47 bits per heavy atom. The monoisotopic (exact) mass is 294 g/mol. The fraction of sp³-hybridized carbons (Fsp3) is 0.0769. The smallest absolute Gasteiger partial charge is 0.123 e. The second-order valence-electron chi connectivity index (χ2n) is 3.84. The molecule has 0 aromatic heterocycles. The van der Waals surface area contributed by atoms with Crippen molar-refractivity contribution in [1.82, 2.24) is 0 Å². The molecule has 0 atom stereocenters. The molecular formula is C13H12BrFN2. The maximum absolute atomic E-state index is 12.8. The Hall–Kier alpha value is -1.55. The first-order chi connectivity index (χ1) is 8.06. The molecule has 0 heterocycles. The molecule has 2 aromatic carbocycles. The van der Waals surface area contributed by atoms with E-state index in [-0.39, 0.29) is 5.82 Å². The number of aryl methyl sites for hydroxylation is 1. The van der Waals surface area contributed by atoms with E-state index in [2.05, 4.69) is 21.2 Å². The van der Waals surface area contributed by atoms with E-state index in [9.17, 15) is 4.39 Å². The fourth-order valence-electron chi connectivity index (χ4n) is 1.55. The highest BCUT2D eigenvalue weighted by atomic mass is 79.9. The summed E-state index contributed by atoms with van der Waals surface area (Å²) in [6.07, 6.45) is 0. The normalized spacial score (nSPS) is 10.3. The van der Waals surface area contributed by atoms with Gasteiger partial charge in [0.1, 0.15) is 5.82 Å². The van der Waals surface area contributed by atoms with Crippen molar-refractivity contribution in [2.24, 2.45) is 0 Å². The van der Waals surface area contributed by atoms with Gasteiger partial charge in [0.25, 0.3) is 0 Å². The van der Waals surface area contributed by atoms with Crippen molar-refractivity contribution < 1.29 is 4.39 Å². The standard InChI is InChI=1S/C13H12BrFN2/c1-8-6-11(14)13(16)12(7-8)17-10-4-2-9(15)3-5-10/h2-7,17H,16H2,1H3. The highest BCUT2D eigenvalue weighted by Gasteiger charge is 2.05. The summed E-state index contributed by atoms with van der Waals surface area (Å²) in [5, 5.41) is 3.16. The van der Waals surface area contributed by atoms with Gasteiger partial charge in [-0.25, -0.2) is 4.39 Å². The Bertz CT molecular complexity index is 538. The molecule has 0 saturated heterocycles. The van der Waals surface area contributed by atoms with Crippen LogP contribution in [0, 0.1) is 12.7 Å². The number of nitrogen functional groups attached to an aromatic ring is 1. The van der Waals surface area contributed by atoms with Crippen molar-refractivity contribution in [3.8, 4) is 0 Å². The van der Waals surface area contributed by atoms with Gasteiger partial charge in [0.2, 0.25) is 0 Å². The van der Waals surface area contributed by atoms with E-state index in [1.54, 1.807) is 12.1 Å². The van der Waals surface area contributed by atoms with Crippen molar-refractivity contribution >= 4 is 33.0 Å². The summed E-state index contributed by atoms with van der Waals surface area (Å²) in [7, 11) is 0. The predicted octanol–water partition coefficient (Wildman–Crippen LogP) is 4.22. The first-order valence-electron chi connectivity index (χ1n) is 5.14. The summed E-state index contributed by atoms with van der Waals surface area (Å²) in [6, 6.07) is 10.1. The number of anilines is 3. The van der Waals surface area contributed by atoms with E-state index in [0.29, 0.717) is 5.69 Å². The Labute approximate surface area is 108 Å². The highest BCUT2D eigenvalue weighted by molar-refractivity contribution is 9.10. The van der Waals surface area contributed by atoms with Gasteiger partial charge in [-0.05, 0) is 64.8 Å². The number of hydrogen-bond acceptors (Lipinski definition) is 2. The molecule has 0 aliphatic carbocycles. The molecule has 88 valence electrons. The molecule has 2 aromatic rings. The van der Waals surface area contributed by atoms with Crippen LogP contribution in [-0.4, -0.2) is 0 Å². The van der Waals surface area contributed by atoms with E-state index in [4.69, 9.17) is 5.73 Å². The van der Waals surface area contributed by atoms with E-state index in [0.717, 1.165) is 21.4 Å². The third-order valence-corrected chi connectivity index (χ3v) is 3.05. The maximum Gasteiger partial charge on any atom is 0.123 e. The quantitative estimate of drug-likeness (QED) is 0.814. The minimum atomic E-state index is -0.256. The van der Waals surface area contributed by atoms with Crippen LogP contribution in [0.3, 0.4) is 0 Å². The second kappa shape index (κ2) is 4.75. The molecule has 0 amide bonds. The Morgan fingerprint density at radius 1 is 1.18 bits per heavy atom. The van der Waals surface area contributed by atoms with Crippen LogP contribution in [0.1, 0.15) is 5.56 Å². The molecule has 2 rings (SSSR count). The Morgan fingerprint density at radius 2 is 1.82 bits per heavy atom. The largest absolute Gasteiger partial charge is 0.396 e. The summed E-state index contributed by atoms with van der Waals surface area (Å²) in [5.74, 6) is -0.256. The zero-order valence-corrected chi connectivity index (χ0v) is 10.9. The van der Waals surface area contributed by atoms with Gasteiger partial charge in [-0.15, -0.1) is 0 Å². The first-order valence-corrected chi connectivity index (χ1v) is 5.94. The zero-order valence-electron chi connectivity index (χ0n) is 9.30. The maximum atomic E-state index is 12.8. The molecule has 0 saturated carbocycles. The molecule has 0 radical (unpaired) electrons. The van der Waals surface area contributed by atoms with Gasteiger partial charge in [-0.2, -0.15) is 0 Å². The summed E-state index contributed by atoms with van der Waals surface area (Å²) in [6.45, 7) is 1.99. The second-order valence-corrected chi connectivity index (χ2v) is 4.69. The average Bonchev–Trinajstić information content (AvgIpc) is 2.28. The molecule has 4 heteroatoms. The summed E-state index contributed by atoms with van der Waals surface area (Å²) < 4.78 is 13.6. The van der Waals surface area contributed by atoms with E-state index in [1.165, 1.54) is 12.1 Å². The van der Waals surface area contributed by atoms with Crippen LogP contribution >= 0.6 is 15.9 Å². The summed E-state index contributed by atoms with van der Waals surface area (Å²) >= 11 is 3.40. The zero-order chi connectivity index (χ0) is 12.4. The molecular weight excluding hydrogens is 283 g/mol. The highest BCUT2D eigenvalue weighted by Crippen LogP contribution is 2.31. The third kappa shape index (κ3) is 2.77. The molecule has 3 N–H and O–H groups in total. The summed E-state index contributed by atoms with van der Waals surface area (Å²) in [4.78, 5) is 0. The minimum Gasteiger partial charge on any atom is -0.396 e. The van der Waals surface area contributed by atoms with Crippen LogP contribution in [0.5, 0.6) is 0 Å². The van der Waals surface area contributed by atoms with Crippen LogP contribution in [0.15, 0.2) is 40.9 Å². The van der Waals surface area contributed by atoms with Gasteiger partial charge in [0, 0.05) is 10.2 Å². The first kappa shape index (κ1) is 11.9. The van der Waals surface area contributed by atoms with Gasteiger partial charge in [-0.1, -0.05) is 0 Å². The average molecular weight is 295 g/mol. The van der Waals surface area contributed by atoms with Crippen LogP contribution in [0.2, 0.25) is 0 Å². The van der Waals surface area contributed by atoms with Crippen molar-refractivity contribution in [2.75, 3.05) is 11.1 Å². The van der Waals surface area contributed by atoms with Crippen LogP contribution in [-0.2, 0) is 0 Å². The molecule has 0 spiro atoms. The van der Waals surface area contributed by atoms with Gasteiger partial charge < -0.3 is 11.1 Å². The number of halogens is 2. The number of nitrogens with one attached hydrogen (secondary N) is 1. The van der Waals surface area contributed by atoms with Gasteiger partial charge >= 0.3 is 0 Å². The molecule has 0 aliphatic heterocycles. The number of nitrogens with two attached hydrogens (primary N) is 1. The molecule has 17 heavy (non-hydrogen) atoms. The summed E-state index contributed by atoms with van der Waals surface area (Å²) in [5.41, 5.74) is 9.29. The van der Waals surface area contributed by atoms with Gasteiger partial charge in [-0.3, -0.25) is 0 Å². The number of benzene rings is 2. The van der Waals surface area contributed by atoms with Crippen molar-refractivity contribution in [3.05, 3.63) is 52.3 Å². The lowest BCUT2D eigenvalue weighted by Crippen LogP contribution is -1.98. The molecule has 2 nitrogen and oxygen atoms in total. The third-order valence-electron chi connectivity index (χ3n) is 2.40. The van der Waals surface area contributed by atoms with Crippen molar-refractivity contribution in [1.29, 1.82) is 0 Å². The predicted molar refractivity (Wildman–Crippen MR) is 73.0 cm³/mol. The SMILES string of the molecule is Cc1cc(Br)c(N)c(Nc2ccc(F)cc2)c1. The van der Waals surface area contributed by atoms with Crippen LogP contribution < -0.4 is 11.1 Å². The van der Waals surface area contributed by atoms with Crippen LogP contribution in [0.4, 0.5) is 21.5 Å². The Balaban J connectivity index is 2.32. The lowest BCUT2D eigenvalue weighted by molar-refractivity contribution is 0.628. The molecule has 0 fully saturated rings. The number of rotatable bonds is 2. The van der Waals surface area contributed by atoms with Crippen molar-refractivity contribution in [3.63, 3.8) is 0 Å². The van der Waals surface area contributed by atoms with E-state index in [1.807, 2.05) is 19.1 Å². The lowest BCUT2D eigenvalue weighted by atomic mass is 10.2. The van der Waals surface area contributed by atoms with Crippen LogP contribution in [0.25, 0.3) is 0 Å². The van der Waals surface area contributed by atoms with Crippen molar-refractivity contribution in [2.45, 2.75) is 6.92 Å². The topological polar surface area (TPSA) is 38.0 Å².